The molecule has 0 unspecified atom stereocenters. The maximum Gasteiger partial charge on any atom is 0.0928 e. The largest absolute Gasteiger partial charge is 0.325 e. The van der Waals surface area contributed by atoms with E-state index in [-0.39, 0.29) is 18.5 Å². The van der Waals surface area contributed by atoms with Crippen LogP contribution in [0, 0.1) is 0 Å². The topological polar surface area (TPSA) is 3.24 Å². The molecule has 0 amide bonds. The van der Waals surface area contributed by atoms with Gasteiger partial charge in [-0.2, -0.15) is 0 Å². The van der Waals surface area contributed by atoms with Crippen molar-refractivity contribution < 1.29 is 0 Å². The molecular weight excluding hydrogens is 178 g/mol. The Morgan fingerprint density at radius 3 is 1.75 bits per heavy atom. The molecule has 74 valence electrons. The van der Waals surface area contributed by atoms with E-state index in [4.69, 9.17) is 0 Å². The van der Waals surface area contributed by atoms with Crippen LogP contribution in [0.5, 0.6) is 0 Å². The third-order valence-electron chi connectivity index (χ3n) is 2.29. The summed E-state index contributed by atoms with van der Waals surface area (Å²) in [4.78, 5) is 0. The van der Waals surface area contributed by atoms with Crippen molar-refractivity contribution in [3.63, 3.8) is 0 Å². The highest BCUT2D eigenvalue weighted by Crippen LogP contribution is 2.05. The lowest BCUT2D eigenvalue weighted by Crippen LogP contribution is -2.41. The fourth-order valence-electron chi connectivity index (χ4n) is 1.52. The van der Waals surface area contributed by atoms with Crippen molar-refractivity contribution in [2.24, 2.45) is 0 Å². The van der Waals surface area contributed by atoms with Crippen LogP contribution in [-0.4, -0.2) is 35.1 Å². The lowest BCUT2D eigenvalue weighted by molar-refractivity contribution is 0.313. The van der Waals surface area contributed by atoms with Crippen molar-refractivity contribution in [1.82, 2.24) is 4.57 Å². The van der Waals surface area contributed by atoms with Gasteiger partial charge in [0.05, 0.1) is 9.68 Å². The van der Waals surface area contributed by atoms with E-state index >= 15 is 0 Å². The Kier molecular flexibility index (Phi) is 6.14. The molecular formula is C9H25NSi2. The van der Waals surface area contributed by atoms with E-state index in [2.05, 4.69) is 45.4 Å². The third-order valence-corrected chi connectivity index (χ3v) is 9.92. The molecule has 0 N–H and O–H groups in total. The first-order valence-electron chi connectivity index (χ1n) is 5.20. The Balaban J connectivity index is 3.80. The summed E-state index contributed by atoms with van der Waals surface area (Å²) in [7, 11) is -0.211. The summed E-state index contributed by atoms with van der Waals surface area (Å²) in [5.74, 6) is 0. The first-order valence-corrected chi connectivity index (χ1v) is 9.96. The molecule has 0 spiro atoms. The number of hydrogen-bond acceptors (Lipinski definition) is 1. The van der Waals surface area contributed by atoms with Crippen molar-refractivity contribution in [3.05, 3.63) is 0 Å². The standard InChI is InChI=1S/C9H25NSi2/c1-8(2)10(9(3)4)11-7-12(5)6/h8-9,12H,7,11H2,1-6H3. The van der Waals surface area contributed by atoms with Gasteiger partial charge in [0.1, 0.15) is 0 Å². The van der Waals surface area contributed by atoms with Gasteiger partial charge in [0.15, 0.2) is 0 Å². The van der Waals surface area contributed by atoms with Crippen LogP contribution >= 0.6 is 0 Å². The van der Waals surface area contributed by atoms with E-state index in [1.165, 1.54) is 0 Å². The van der Waals surface area contributed by atoms with Crippen molar-refractivity contribution in [2.45, 2.75) is 58.5 Å². The average molecular weight is 203 g/mol. The lowest BCUT2D eigenvalue weighted by Gasteiger charge is -2.30. The van der Waals surface area contributed by atoms with Gasteiger partial charge >= 0.3 is 0 Å². The first-order chi connectivity index (χ1) is 5.45. The Morgan fingerprint density at radius 1 is 1.08 bits per heavy atom. The smallest absolute Gasteiger partial charge is 0.0928 e. The molecule has 0 aliphatic carbocycles. The summed E-state index contributed by atoms with van der Waals surface area (Å²) < 4.78 is 2.73. The number of hydrogen-bond donors (Lipinski definition) is 0. The summed E-state index contributed by atoms with van der Waals surface area (Å²) in [6.45, 7) is 14.2. The second kappa shape index (κ2) is 5.94. The van der Waals surface area contributed by atoms with Gasteiger partial charge < -0.3 is 4.57 Å². The van der Waals surface area contributed by atoms with Crippen molar-refractivity contribution in [1.29, 1.82) is 0 Å². The maximum absolute atomic E-state index is 2.73. The van der Waals surface area contributed by atoms with Crippen LogP contribution in [0.15, 0.2) is 0 Å². The highest BCUT2D eigenvalue weighted by molar-refractivity contribution is 6.66. The van der Waals surface area contributed by atoms with Crippen molar-refractivity contribution >= 4 is 18.5 Å². The summed E-state index contributed by atoms with van der Waals surface area (Å²) >= 11 is 0. The Hall–Kier alpha value is 0.394. The molecule has 0 aromatic carbocycles. The zero-order valence-corrected chi connectivity index (χ0v) is 12.2. The predicted octanol–water partition coefficient (Wildman–Crippen LogP) is 1.63. The van der Waals surface area contributed by atoms with Gasteiger partial charge in [0.2, 0.25) is 0 Å². The molecule has 0 saturated carbocycles. The molecule has 0 aromatic heterocycles. The van der Waals surface area contributed by atoms with Crippen molar-refractivity contribution in [3.8, 4) is 0 Å². The van der Waals surface area contributed by atoms with E-state index in [9.17, 15) is 0 Å². The number of rotatable bonds is 5. The molecule has 0 aromatic rings. The van der Waals surface area contributed by atoms with E-state index in [0.29, 0.717) is 0 Å². The van der Waals surface area contributed by atoms with Crippen LogP contribution in [0.2, 0.25) is 18.8 Å². The molecule has 0 aliphatic heterocycles. The van der Waals surface area contributed by atoms with Crippen LogP contribution in [-0.2, 0) is 0 Å². The minimum Gasteiger partial charge on any atom is -0.325 e. The minimum atomic E-state index is -0.289. The monoisotopic (exact) mass is 203 g/mol. The molecule has 0 saturated heterocycles. The Bertz CT molecular complexity index is 105. The normalized spacial score (nSPS) is 13.5. The molecule has 3 heteroatoms. The molecule has 0 heterocycles. The van der Waals surface area contributed by atoms with Gasteiger partial charge in [0, 0.05) is 8.80 Å². The second-order valence-corrected chi connectivity index (χ2v) is 10.9. The summed E-state index contributed by atoms with van der Waals surface area (Å²) in [6, 6.07) is 1.54. The van der Waals surface area contributed by atoms with E-state index < -0.39 is 0 Å². The SMILES string of the molecule is CC(C)N([SiH2]C[SiH](C)C)C(C)C. The molecule has 0 bridgehead atoms. The van der Waals surface area contributed by atoms with Gasteiger partial charge in [-0.1, -0.05) is 46.5 Å². The van der Waals surface area contributed by atoms with Gasteiger partial charge in [0.25, 0.3) is 0 Å². The molecule has 1 nitrogen and oxygen atoms in total. The third kappa shape index (κ3) is 5.11. The molecule has 0 fully saturated rings. The van der Waals surface area contributed by atoms with Gasteiger partial charge in [-0.15, -0.1) is 0 Å². The Morgan fingerprint density at radius 2 is 1.50 bits per heavy atom. The van der Waals surface area contributed by atoms with Crippen LogP contribution < -0.4 is 0 Å². The van der Waals surface area contributed by atoms with E-state index in [1.807, 2.05) is 0 Å². The summed E-state index contributed by atoms with van der Waals surface area (Å²) in [5.41, 5.74) is 1.59. The molecule has 0 atom stereocenters. The predicted molar refractivity (Wildman–Crippen MR) is 64.3 cm³/mol. The quantitative estimate of drug-likeness (QED) is 0.614. The van der Waals surface area contributed by atoms with Crippen LogP contribution in [0.1, 0.15) is 27.7 Å². The molecule has 0 rings (SSSR count). The van der Waals surface area contributed by atoms with E-state index in [1.54, 1.807) is 5.67 Å². The summed E-state index contributed by atoms with van der Waals surface area (Å²) in [6.07, 6.45) is 0. The zero-order valence-electron chi connectivity index (χ0n) is 9.59. The second-order valence-electron chi connectivity index (χ2n) is 4.61. The fourth-order valence-corrected chi connectivity index (χ4v) is 5.81. The van der Waals surface area contributed by atoms with E-state index in [0.717, 1.165) is 12.1 Å². The lowest BCUT2D eigenvalue weighted by atomic mass is 10.3. The first kappa shape index (κ1) is 12.4. The highest BCUT2D eigenvalue weighted by Gasteiger charge is 2.13. The fraction of sp³-hybridized carbons (Fsp3) is 1.00. The van der Waals surface area contributed by atoms with Gasteiger partial charge in [-0.05, 0) is 12.1 Å². The van der Waals surface area contributed by atoms with Crippen LogP contribution in [0.25, 0.3) is 0 Å². The minimum absolute atomic E-state index is 0.0779. The van der Waals surface area contributed by atoms with Gasteiger partial charge in [-0.25, -0.2) is 0 Å². The average Bonchev–Trinajstić information content (AvgIpc) is 1.84. The van der Waals surface area contributed by atoms with Crippen LogP contribution in [0.4, 0.5) is 0 Å². The molecule has 12 heavy (non-hydrogen) atoms. The summed E-state index contributed by atoms with van der Waals surface area (Å²) in [5, 5.41) is 0. The number of nitrogens with zero attached hydrogens (tertiary/aromatic N) is 1. The van der Waals surface area contributed by atoms with Crippen molar-refractivity contribution in [2.75, 3.05) is 0 Å². The highest BCUT2D eigenvalue weighted by atomic mass is 28.3. The molecule has 0 aliphatic rings. The van der Waals surface area contributed by atoms with Gasteiger partial charge in [-0.3, -0.25) is 0 Å². The molecule has 0 radical (unpaired) electrons. The maximum atomic E-state index is 2.73. The zero-order chi connectivity index (χ0) is 9.72. The Labute approximate surface area is 82.1 Å². The van der Waals surface area contributed by atoms with Crippen LogP contribution in [0.3, 0.4) is 0 Å².